The second-order valence-corrected chi connectivity index (χ2v) is 4.97. The Hall–Kier alpha value is -1.14. The van der Waals surface area contributed by atoms with Crippen LogP contribution in [0.25, 0.3) is 0 Å². The third kappa shape index (κ3) is 13.1. The lowest BCUT2D eigenvalue weighted by Crippen LogP contribution is -2.32. The van der Waals surface area contributed by atoms with Gasteiger partial charge in [-0.1, -0.05) is 0 Å². The molecule has 0 bridgehead atoms. The molecular weight excluding hydrogens is 250 g/mol. The SMILES string of the molecule is CCOC(=O)COCCCNCC(=O)OC(C)(C)C. The first-order chi connectivity index (χ1) is 8.85. The lowest BCUT2D eigenvalue weighted by Gasteiger charge is -2.19. The molecule has 0 fully saturated rings. The number of carbonyl (C=O) groups is 2. The number of hydrogen-bond donors (Lipinski definition) is 1. The molecular formula is C13H25NO5. The van der Waals surface area contributed by atoms with Crippen LogP contribution in [0.3, 0.4) is 0 Å². The van der Waals surface area contributed by atoms with Crippen molar-refractivity contribution >= 4 is 11.9 Å². The van der Waals surface area contributed by atoms with Crippen molar-refractivity contribution < 1.29 is 23.8 Å². The second-order valence-electron chi connectivity index (χ2n) is 4.97. The van der Waals surface area contributed by atoms with E-state index in [1.807, 2.05) is 20.8 Å². The number of esters is 2. The minimum atomic E-state index is -0.457. The molecule has 1 N–H and O–H groups in total. The summed E-state index contributed by atoms with van der Waals surface area (Å²) in [7, 11) is 0. The molecule has 0 rings (SSSR count). The molecule has 0 aromatic carbocycles. The molecule has 19 heavy (non-hydrogen) atoms. The number of rotatable bonds is 9. The highest BCUT2D eigenvalue weighted by atomic mass is 16.6. The predicted octanol–water partition coefficient (Wildman–Crippen LogP) is 0.888. The van der Waals surface area contributed by atoms with E-state index in [0.717, 1.165) is 0 Å². The monoisotopic (exact) mass is 275 g/mol. The van der Waals surface area contributed by atoms with Crippen LogP contribution in [0.2, 0.25) is 0 Å². The van der Waals surface area contributed by atoms with Gasteiger partial charge in [-0.2, -0.15) is 0 Å². The summed E-state index contributed by atoms with van der Waals surface area (Å²) in [5.74, 6) is -0.635. The highest BCUT2D eigenvalue weighted by Gasteiger charge is 2.15. The molecule has 112 valence electrons. The van der Waals surface area contributed by atoms with Gasteiger partial charge in [-0.25, -0.2) is 4.79 Å². The number of nitrogens with one attached hydrogen (secondary N) is 1. The summed E-state index contributed by atoms with van der Waals surface area (Å²) in [6, 6.07) is 0. The van der Waals surface area contributed by atoms with Gasteiger partial charge in [-0.15, -0.1) is 0 Å². The van der Waals surface area contributed by atoms with Crippen molar-refractivity contribution in [2.24, 2.45) is 0 Å². The molecule has 0 spiro atoms. The number of ether oxygens (including phenoxy) is 3. The highest BCUT2D eigenvalue weighted by Crippen LogP contribution is 2.05. The standard InChI is InChI=1S/C13H25NO5/c1-5-18-12(16)10-17-8-6-7-14-9-11(15)19-13(2,3)4/h14H,5-10H2,1-4H3. The van der Waals surface area contributed by atoms with Crippen molar-refractivity contribution in [2.75, 3.05) is 32.9 Å². The summed E-state index contributed by atoms with van der Waals surface area (Å²) in [4.78, 5) is 22.3. The van der Waals surface area contributed by atoms with Crippen molar-refractivity contribution in [3.05, 3.63) is 0 Å². The highest BCUT2D eigenvalue weighted by molar-refractivity contribution is 5.72. The Bertz CT molecular complexity index is 273. The quantitative estimate of drug-likeness (QED) is 0.497. The van der Waals surface area contributed by atoms with Crippen molar-refractivity contribution in [2.45, 2.75) is 39.7 Å². The number of carbonyl (C=O) groups excluding carboxylic acids is 2. The molecule has 0 aliphatic heterocycles. The lowest BCUT2D eigenvalue weighted by molar-refractivity contribution is -0.153. The van der Waals surface area contributed by atoms with Crippen molar-refractivity contribution in [1.82, 2.24) is 5.32 Å². The van der Waals surface area contributed by atoms with Gasteiger partial charge in [0.15, 0.2) is 0 Å². The van der Waals surface area contributed by atoms with E-state index in [1.165, 1.54) is 0 Å². The third-order valence-corrected chi connectivity index (χ3v) is 1.86. The molecule has 0 aliphatic carbocycles. The maximum atomic E-state index is 11.3. The van der Waals surface area contributed by atoms with Crippen LogP contribution in [0, 0.1) is 0 Å². The molecule has 0 aromatic heterocycles. The van der Waals surface area contributed by atoms with Gasteiger partial charge < -0.3 is 19.5 Å². The maximum Gasteiger partial charge on any atom is 0.332 e. The van der Waals surface area contributed by atoms with Gasteiger partial charge in [0.05, 0.1) is 13.2 Å². The zero-order chi connectivity index (χ0) is 14.7. The Morgan fingerprint density at radius 1 is 1.16 bits per heavy atom. The Morgan fingerprint density at radius 2 is 1.84 bits per heavy atom. The van der Waals surface area contributed by atoms with Crippen LogP contribution >= 0.6 is 0 Å². The minimum Gasteiger partial charge on any atom is -0.464 e. The Kier molecular flexibility index (Phi) is 9.16. The van der Waals surface area contributed by atoms with Crippen LogP contribution in [-0.2, 0) is 23.8 Å². The van der Waals surface area contributed by atoms with E-state index in [4.69, 9.17) is 14.2 Å². The molecule has 0 amide bonds. The minimum absolute atomic E-state index is 0.0279. The van der Waals surface area contributed by atoms with Crippen LogP contribution in [0.1, 0.15) is 34.1 Å². The molecule has 0 aromatic rings. The first-order valence-corrected chi connectivity index (χ1v) is 6.51. The van der Waals surface area contributed by atoms with Crippen LogP contribution in [0.4, 0.5) is 0 Å². The van der Waals surface area contributed by atoms with Crippen molar-refractivity contribution in [3.63, 3.8) is 0 Å². The predicted molar refractivity (Wildman–Crippen MR) is 70.8 cm³/mol. The zero-order valence-electron chi connectivity index (χ0n) is 12.3. The fourth-order valence-corrected chi connectivity index (χ4v) is 1.23. The molecule has 0 heterocycles. The molecule has 0 radical (unpaired) electrons. The van der Waals surface area contributed by atoms with Crippen LogP contribution in [-0.4, -0.2) is 50.4 Å². The third-order valence-electron chi connectivity index (χ3n) is 1.86. The Morgan fingerprint density at radius 3 is 2.42 bits per heavy atom. The molecule has 0 atom stereocenters. The first kappa shape index (κ1) is 17.9. The molecule has 6 nitrogen and oxygen atoms in total. The van der Waals surface area contributed by atoms with Gasteiger partial charge >= 0.3 is 11.9 Å². The zero-order valence-corrected chi connectivity index (χ0v) is 12.3. The Balaban J connectivity index is 3.36. The van der Waals surface area contributed by atoms with Crippen molar-refractivity contribution in [3.8, 4) is 0 Å². The van der Waals surface area contributed by atoms with Crippen LogP contribution in [0.15, 0.2) is 0 Å². The van der Waals surface area contributed by atoms with Crippen molar-refractivity contribution in [1.29, 1.82) is 0 Å². The summed E-state index contributed by atoms with van der Waals surface area (Å²) >= 11 is 0. The van der Waals surface area contributed by atoms with Crippen LogP contribution in [0.5, 0.6) is 0 Å². The van der Waals surface area contributed by atoms with Gasteiger partial charge in [0.2, 0.25) is 0 Å². The summed E-state index contributed by atoms with van der Waals surface area (Å²) in [5, 5.41) is 2.95. The smallest absolute Gasteiger partial charge is 0.332 e. The average Bonchev–Trinajstić information content (AvgIpc) is 2.25. The summed E-state index contributed by atoms with van der Waals surface area (Å²) in [6.45, 7) is 8.81. The van der Waals surface area contributed by atoms with E-state index >= 15 is 0 Å². The van der Waals surface area contributed by atoms with Gasteiger partial charge in [0, 0.05) is 6.61 Å². The number of hydrogen-bond acceptors (Lipinski definition) is 6. The topological polar surface area (TPSA) is 73.9 Å². The molecule has 0 unspecified atom stereocenters. The fraction of sp³-hybridized carbons (Fsp3) is 0.846. The second kappa shape index (κ2) is 9.75. The van der Waals surface area contributed by atoms with Crippen LogP contribution < -0.4 is 5.32 Å². The normalized spacial score (nSPS) is 11.2. The van der Waals surface area contributed by atoms with E-state index in [9.17, 15) is 9.59 Å². The van der Waals surface area contributed by atoms with Gasteiger partial charge in [-0.3, -0.25) is 4.79 Å². The fourth-order valence-electron chi connectivity index (χ4n) is 1.23. The molecule has 0 saturated carbocycles. The molecule has 0 saturated heterocycles. The first-order valence-electron chi connectivity index (χ1n) is 6.51. The summed E-state index contributed by atoms with van der Waals surface area (Å²) in [5.41, 5.74) is -0.457. The summed E-state index contributed by atoms with van der Waals surface area (Å²) < 4.78 is 14.9. The average molecular weight is 275 g/mol. The van der Waals surface area contributed by atoms with Gasteiger partial charge in [0.1, 0.15) is 12.2 Å². The molecule has 6 heteroatoms. The van der Waals surface area contributed by atoms with E-state index in [0.29, 0.717) is 26.2 Å². The van der Waals surface area contributed by atoms with E-state index < -0.39 is 5.60 Å². The maximum absolute atomic E-state index is 11.3. The van der Waals surface area contributed by atoms with Gasteiger partial charge in [-0.05, 0) is 40.7 Å². The van der Waals surface area contributed by atoms with E-state index in [-0.39, 0.29) is 25.1 Å². The van der Waals surface area contributed by atoms with E-state index in [1.54, 1.807) is 6.92 Å². The lowest BCUT2D eigenvalue weighted by atomic mass is 10.2. The Labute approximate surface area is 114 Å². The van der Waals surface area contributed by atoms with E-state index in [2.05, 4.69) is 5.32 Å². The van der Waals surface area contributed by atoms with Gasteiger partial charge in [0.25, 0.3) is 0 Å². The largest absolute Gasteiger partial charge is 0.464 e. The molecule has 0 aliphatic rings. The summed E-state index contributed by atoms with van der Waals surface area (Å²) in [6.07, 6.45) is 0.711.